The first-order valence-corrected chi connectivity index (χ1v) is 10.1. The molecule has 0 spiro atoms. The fourth-order valence-electron chi connectivity index (χ4n) is 3.11. The maximum Gasteiger partial charge on any atom is 0.247 e. The summed E-state index contributed by atoms with van der Waals surface area (Å²) in [5, 5.41) is 8.83. The van der Waals surface area contributed by atoms with E-state index in [1.54, 1.807) is 19.3 Å². The molecule has 1 atom stereocenters. The second-order valence-corrected chi connectivity index (χ2v) is 8.79. The minimum Gasteiger partial charge on any atom is -0.369 e. The van der Waals surface area contributed by atoms with Crippen LogP contribution in [0.25, 0.3) is 0 Å². The Balaban J connectivity index is 2.03. The van der Waals surface area contributed by atoms with Crippen molar-refractivity contribution < 1.29 is 18.4 Å². The molecule has 140 valence electrons. The van der Waals surface area contributed by atoms with Crippen LogP contribution in [-0.2, 0) is 14.8 Å². The van der Waals surface area contributed by atoms with Gasteiger partial charge in [-0.2, -0.15) is 4.31 Å². The van der Waals surface area contributed by atoms with Crippen molar-refractivity contribution in [3.8, 4) is 0 Å². The topological polar surface area (TPSA) is 90.0 Å². The minimum atomic E-state index is -3.56. The van der Waals surface area contributed by atoms with Gasteiger partial charge in [0.05, 0.1) is 11.7 Å². The molecule has 1 aromatic carbocycles. The fraction of sp³-hybridized carbons (Fsp3) is 0.588. The van der Waals surface area contributed by atoms with Gasteiger partial charge in [0, 0.05) is 31.9 Å². The predicted octanol–water partition coefficient (Wildman–Crippen LogP) is 1.22. The van der Waals surface area contributed by atoms with Crippen molar-refractivity contribution in [3.05, 3.63) is 29.8 Å². The molecule has 1 saturated heterocycles. The van der Waals surface area contributed by atoms with Crippen molar-refractivity contribution in [2.24, 2.45) is 11.8 Å². The van der Waals surface area contributed by atoms with E-state index in [2.05, 4.69) is 4.90 Å². The monoisotopic (exact) mass is 369 g/mol. The highest BCUT2D eigenvalue weighted by Crippen LogP contribution is 2.23. The second-order valence-electron chi connectivity index (χ2n) is 6.78. The molecule has 0 unspecified atom stereocenters. The molecule has 2 N–H and O–H groups in total. The number of hydrogen-bond acceptors (Lipinski definition) is 5. The van der Waals surface area contributed by atoms with Crippen LogP contribution in [0.5, 0.6) is 0 Å². The maximum absolute atomic E-state index is 12.7. The third-order valence-corrected chi connectivity index (χ3v) is 6.66. The normalized spacial score (nSPS) is 17.6. The summed E-state index contributed by atoms with van der Waals surface area (Å²) in [7, 11) is -3.56. The third-order valence-electron chi connectivity index (χ3n) is 4.73. The van der Waals surface area contributed by atoms with Crippen molar-refractivity contribution in [3.63, 3.8) is 0 Å². The zero-order chi connectivity index (χ0) is 18.6. The number of hydroxylamine groups is 1. The Morgan fingerprint density at radius 2 is 1.80 bits per heavy atom. The van der Waals surface area contributed by atoms with Crippen LogP contribution in [0.2, 0.25) is 0 Å². The molecule has 1 heterocycles. The van der Waals surface area contributed by atoms with E-state index in [4.69, 9.17) is 5.21 Å². The Kier molecular flexibility index (Phi) is 6.42. The minimum absolute atomic E-state index is 0.185. The first-order valence-electron chi connectivity index (χ1n) is 8.48. The van der Waals surface area contributed by atoms with Crippen LogP contribution in [0.15, 0.2) is 24.3 Å². The van der Waals surface area contributed by atoms with Crippen molar-refractivity contribution in [2.75, 3.05) is 36.8 Å². The molecule has 1 aliphatic rings. The van der Waals surface area contributed by atoms with Crippen LogP contribution in [0.3, 0.4) is 0 Å². The number of rotatable bonds is 6. The van der Waals surface area contributed by atoms with Gasteiger partial charge in [-0.1, -0.05) is 32.0 Å². The molecule has 25 heavy (non-hydrogen) atoms. The SMILES string of the molecule is Cc1ccccc1N1CCN(S(=O)(=O)C[C@@H](C(=O)NO)C(C)C)CC1. The zero-order valence-electron chi connectivity index (χ0n) is 15.0. The lowest BCUT2D eigenvalue weighted by molar-refractivity contribution is -0.134. The number of hydrogen-bond donors (Lipinski definition) is 2. The highest BCUT2D eigenvalue weighted by atomic mass is 32.2. The smallest absolute Gasteiger partial charge is 0.247 e. The van der Waals surface area contributed by atoms with Gasteiger partial charge in [-0.05, 0) is 24.5 Å². The molecule has 0 radical (unpaired) electrons. The predicted molar refractivity (Wildman–Crippen MR) is 97.0 cm³/mol. The van der Waals surface area contributed by atoms with Gasteiger partial charge in [-0.3, -0.25) is 10.0 Å². The van der Waals surface area contributed by atoms with Gasteiger partial charge in [0.2, 0.25) is 15.9 Å². The van der Waals surface area contributed by atoms with E-state index >= 15 is 0 Å². The number of carbonyl (C=O) groups is 1. The standard InChI is InChI=1S/C17H27N3O4S/c1-13(2)15(17(21)18-22)12-25(23,24)20-10-8-19(9-11-20)16-7-5-4-6-14(16)3/h4-7,13,15,22H,8-12H2,1-3H3,(H,18,21)/t15-/m1/s1. The average molecular weight is 369 g/mol. The molecule has 7 nitrogen and oxygen atoms in total. The number of amides is 1. The van der Waals surface area contributed by atoms with Gasteiger partial charge in [0.25, 0.3) is 0 Å². The number of nitrogens with zero attached hydrogens (tertiary/aromatic N) is 2. The summed E-state index contributed by atoms with van der Waals surface area (Å²) in [5.74, 6) is -1.90. The number of anilines is 1. The number of aryl methyl sites for hydroxylation is 1. The van der Waals surface area contributed by atoms with E-state index in [1.807, 2.05) is 31.2 Å². The molecule has 1 aromatic rings. The zero-order valence-corrected chi connectivity index (χ0v) is 15.8. The van der Waals surface area contributed by atoms with Crippen molar-refractivity contribution >= 4 is 21.6 Å². The molecule has 0 aromatic heterocycles. The van der Waals surface area contributed by atoms with Crippen molar-refractivity contribution in [2.45, 2.75) is 20.8 Å². The molecular formula is C17H27N3O4S. The molecule has 0 saturated carbocycles. The molecule has 0 aliphatic carbocycles. The lowest BCUT2D eigenvalue weighted by Crippen LogP contribution is -2.51. The highest BCUT2D eigenvalue weighted by molar-refractivity contribution is 7.89. The highest BCUT2D eigenvalue weighted by Gasteiger charge is 2.33. The Bertz CT molecular complexity index is 698. The van der Waals surface area contributed by atoms with Gasteiger partial charge in [-0.25, -0.2) is 13.9 Å². The Labute approximate surface area is 149 Å². The third kappa shape index (κ3) is 4.71. The first kappa shape index (κ1) is 19.7. The fourth-order valence-corrected chi connectivity index (χ4v) is 5.03. The van der Waals surface area contributed by atoms with E-state index in [1.165, 1.54) is 9.87 Å². The molecule has 2 rings (SSSR count). The molecule has 1 aliphatic heterocycles. The molecule has 1 amide bonds. The summed E-state index contributed by atoms with van der Waals surface area (Å²) in [5.41, 5.74) is 3.87. The second kappa shape index (κ2) is 8.16. The summed E-state index contributed by atoms with van der Waals surface area (Å²) in [6, 6.07) is 8.04. The van der Waals surface area contributed by atoms with Crippen LogP contribution in [-0.4, -0.2) is 55.8 Å². The van der Waals surface area contributed by atoms with Crippen LogP contribution in [0.4, 0.5) is 5.69 Å². The van der Waals surface area contributed by atoms with E-state index in [9.17, 15) is 13.2 Å². The number of carbonyl (C=O) groups excluding carboxylic acids is 1. The Morgan fingerprint density at radius 1 is 1.20 bits per heavy atom. The lowest BCUT2D eigenvalue weighted by atomic mass is 9.97. The van der Waals surface area contributed by atoms with Crippen molar-refractivity contribution in [1.29, 1.82) is 0 Å². The quantitative estimate of drug-likeness (QED) is 0.581. The largest absolute Gasteiger partial charge is 0.369 e. The van der Waals surface area contributed by atoms with Gasteiger partial charge >= 0.3 is 0 Å². The summed E-state index contributed by atoms with van der Waals surface area (Å²) in [6.45, 7) is 7.59. The van der Waals surface area contributed by atoms with Crippen LogP contribution >= 0.6 is 0 Å². The van der Waals surface area contributed by atoms with Gasteiger partial charge in [-0.15, -0.1) is 0 Å². The number of benzene rings is 1. The molecule has 1 fully saturated rings. The molecule has 0 bridgehead atoms. The van der Waals surface area contributed by atoms with Crippen LogP contribution in [0.1, 0.15) is 19.4 Å². The van der Waals surface area contributed by atoms with Gasteiger partial charge in [0.15, 0.2) is 0 Å². The number of piperazine rings is 1. The number of nitrogens with one attached hydrogen (secondary N) is 1. The van der Waals surface area contributed by atoms with Gasteiger partial charge < -0.3 is 4.90 Å². The summed E-state index contributed by atoms with van der Waals surface area (Å²) >= 11 is 0. The Morgan fingerprint density at radius 3 is 2.32 bits per heavy atom. The summed E-state index contributed by atoms with van der Waals surface area (Å²) < 4.78 is 26.8. The molecule has 8 heteroatoms. The number of sulfonamides is 1. The van der Waals surface area contributed by atoms with E-state index in [-0.39, 0.29) is 11.7 Å². The Hall–Kier alpha value is -1.64. The average Bonchev–Trinajstić information content (AvgIpc) is 2.59. The van der Waals surface area contributed by atoms with E-state index in [0.29, 0.717) is 26.2 Å². The van der Waals surface area contributed by atoms with Crippen LogP contribution in [0, 0.1) is 18.8 Å². The number of para-hydroxylation sites is 1. The maximum atomic E-state index is 12.7. The first-order chi connectivity index (χ1) is 11.8. The summed E-state index contributed by atoms with van der Waals surface area (Å²) in [6.07, 6.45) is 0. The van der Waals surface area contributed by atoms with E-state index in [0.717, 1.165) is 5.69 Å². The van der Waals surface area contributed by atoms with Crippen LogP contribution < -0.4 is 10.4 Å². The van der Waals surface area contributed by atoms with Crippen molar-refractivity contribution in [1.82, 2.24) is 9.79 Å². The summed E-state index contributed by atoms with van der Waals surface area (Å²) in [4.78, 5) is 13.9. The molecular weight excluding hydrogens is 342 g/mol. The van der Waals surface area contributed by atoms with E-state index < -0.39 is 21.8 Å². The lowest BCUT2D eigenvalue weighted by Gasteiger charge is -2.36. The van der Waals surface area contributed by atoms with Gasteiger partial charge in [0.1, 0.15) is 0 Å².